The fraction of sp³-hybridized carbons (Fsp3) is 0.381. The van der Waals surface area contributed by atoms with Gasteiger partial charge in [0.1, 0.15) is 5.84 Å². The zero-order chi connectivity index (χ0) is 17.3. The predicted octanol–water partition coefficient (Wildman–Crippen LogP) is 6.51. The van der Waals surface area contributed by atoms with Gasteiger partial charge in [-0.3, -0.25) is 4.99 Å². The van der Waals surface area contributed by atoms with Crippen LogP contribution in [0, 0.1) is 5.41 Å². The van der Waals surface area contributed by atoms with E-state index in [9.17, 15) is 0 Å². The molecule has 0 aromatic heterocycles. The maximum atomic E-state index is 6.26. The molecule has 4 heteroatoms. The second-order valence-corrected chi connectivity index (χ2v) is 8.03. The van der Waals surface area contributed by atoms with Crippen molar-refractivity contribution in [3.8, 4) is 0 Å². The van der Waals surface area contributed by atoms with Crippen LogP contribution < -0.4 is 5.32 Å². The molecule has 2 nitrogen and oxygen atoms in total. The fourth-order valence-electron chi connectivity index (χ4n) is 4.16. The quantitative estimate of drug-likeness (QED) is 0.637. The smallest absolute Gasteiger partial charge is 0.108 e. The first kappa shape index (κ1) is 16.9. The molecule has 0 atom stereocenters. The van der Waals surface area contributed by atoms with Gasteiger partial charge in [0.05, 0.1) is 16.6 Å². The van der Waals surface area contributed by atoms with Crippen molar-refractivity contribution in [2.45, 2.75) is 45.1 Å². The van der Waals surface area contributed by atoms with E-state index >= 15 is 0 Å². The lowest BCUT2D eigenvalue weighted by Crippen LogP contribution is -2.43. The molecular weight excluding hydrogens is 351 g/mol. The minimum atomic E-state index is 0.122. The SMILES string of the molecule is Clc1cc2c(cc1Cl)NC(=NCc1ccccc1)C1(CCCCC1)C2. The molecule has 0 unspecified atom stereocenters. The monoisotopic (exact) mass is 372 g/mol. The van der Waals surface area contributed by atoms with Crippen molar-refractivity contribution in [1.29, 1.82) is 0 Å². The number of fused-ring (bicyclic) bond motifs is 1. The minimum Gasteiger partial charge on any atom is -0.343 e. The predicted molar refractivity (Wildman–Crippen MR) is 107 cm³/mol. The normalized spacial score (nSPS) is 20.3. The first-order chi connectivity index (χ1) is 12.2. The van der Waals surface area contributed by atoms with E-state index in [0.29, 0.717) is 16.6 Å². The Labute approximate surface area is 159 Å². The molecule has 0 bridgehead atoms. The maximum absolute atomic E-state index is 6.26. The van der Waals surface area contributed by atoms with Gasteiger partial charge >= 0.3 is 0 Å². The summed E-state index contributed by atoms with van der Waals surface area (Å²) in [5.74, 6) is 1.13. The summed E-state index contributed by atoms with van der Waals surface area (Å²) in [6.07, 6.45) is 7.23. The first-order valence-corrected chi connectivity index (χ1v) is 9.76. The second-order valence-electron chi connectivity index (χ2n) is 7.22. The Morgan fingerprint density at radius 3 is 2.44 bits per heavy atom. The van der Waals surface area contributed by atoms with Crippen molar-refractivity contribution in [3.63, 3.8) is 0 Å². The van der Waals surface area contributed by atoms with E-state index in [4.69, 9.17) is 28.2 Å². The summed E-state index contributed by atoms with van der Waals surface area (Å²) in [6.45, 7) is 0.710. The Kier molecular flexibility index (Phi) is 4.75. The molecule has 4 rings (SSSR count). The van der Waals surface area contributed by atoms with Gasteiger partial charge in [0.15, 0.2) is 0 Å². The van der Waals surface area contributed by atoms with E-state index in [1.807, 2.05) is 18.2 Å². The van der Waals surface area contributed by atoms with Gasteiger partial charge in [-0.15, -0.1) is 0 Å². The van der Waals surface area contributed by atoms with Crippen molar-refractivity contribution in [2.24, 2.45) is 10.4 Å². The molecule has 1 saturated carbocycles. The molecular formula is C21H22Cl2N2. The van der Waals surface area contributed by atoms with E-state index in [-0.39, 0.29) is 5.41 Å². The van der Waals surface area contributed by atoms with Gasteiger partial charge < -0.3 is 5.32 Å². The Morgan fingerprint density at radius 2 is 1.68 bits per heavy atom. The average Bonchev–Trinajstić information content (AvgIpc) is 2.63. The summed E-state index contributed by atoms with van der Waals surface area (Å²) in [6, 6.07) is 14.4. The van der Waals surface area contributed by atoms with Gasteiger partial charge in [-0.1, -0.05) is 72.8 Å². The van der Waals surface area contributed by atoms with Crippen LogP contribution in [0.1, 0.15) is 43.2 Å². The van der Waals surface area contributed by atoms with Gasteiger partial charge in [0.2, 0.25) is 0 Å². The lowest BCUT2D eigenvalue weighted by molar-refractivity contribution is 0.278. The van der Waals surface area contributed by atoms with Gasteiger partial charge in [-0.2, -0.15) is 0 Å². The van der Waals surface area contributed by atoms with Crippen LogP contribution in [0.5, 0.6) is 0 Å². The summed E-state index contributed by atoms with van der Waals surface area (Å²) in [4.78, 5) is 5.01. The molecule has 2 aliphatic rings. The van der Waals surface area contributed by atoms with Crippen LogP contribution in [0.15, 0.2) is 47.5 Å². The van der Waals surface area contributed by atoms with Crippen molar-refractivity contribution in [2.75, 3.05) is 5.32 Å². The van der Waals surface area contributed by atoms with Gasteiger partial charge in [0, 0.05) is 11.1 Å². The van der Waals surface area contributed by atoms with Crippen molar-refractivity contribution in [1.82, 2.24) is 0 Å². The summed E-state index contributed by atoms with van der Waals surface area (Å²) < 4.78 is 0. The molecule has 0 saturated heterocycles. The Balaban J connectivity index is 1.70. The third kappa shape index (κ3) is 3.43. The highest BCUT2D eigenvalue weighted by Gasteiger charge is 2.41. The molecule has 0 radical (unpaired) electrons. The van der Waals surface area contributed by atoms with Crippen molar-refractivity contribution < 1.29 is 0 Å². The molecule has 130 valence electrons. The molecule has 25 heavy (non-hydrogen) atoms. The van der Waals surface area contributed by atoms with E-state index in [1.54, 1.807) is 0 Å². The molecule has 1 aliphatic carbocycles. The second kappa shape index (κ2) is 7.01. The highest BCUT2D eigenvalue weighted by Crippen LogP contribution is 2.46. The van der Waals surface area contributed by atoms with E-state index < -0.39 is 0 Å². The lowest BCUT2D eigenvalue weighted by Gasteiger charge is -2.42. The number of hydrogen-bond acceptors (Lipinski definition) is 1. The highest BCUT2D eigenvalue weighted by molar-refractivity contribution is 6.42. The largest absolute Gasteiger partial charge is 0.343 e. The summed E-state index contributed by atoms with van der Waals surface area (Å²) >= 11 is 12.5. The number of hydrogen-bond donors (Lipinski definition) is 1. The van der Waals surface area contributed by atoms with Crippen LogP contribution in [0.3, 0.4) is 0 Å². The van der Waals surface area contributed by atoms with Gasteiger partial charge in [-0.05, 0) is 42.5 Å². The molecule has 0 amide bonds. The molecule has 1 spiro atoms. The molecule has 1 heterocycles. The van der Waals surface area contributed by atoms with Crippen LogP contribution in [0.4, 0.5) is 5.69 Å². The van der Waals surface area contributed by atoms with Crippen molar-refractivity contribution in [3.05, 3.63) is 63.6 Å². The van der Waals surface area contributed by atoms with Crippen LogP contribution in [-0.4, -0.2) is 5.84 Å². The molecule has 1 aliphatic heterocycles. The lowest BCUT2D eigenvalue weighted by atomic mass is 9.67. The highest BCUT2D eigenvalue weighted by atomic mass is 35.5. The van der Waals surface area contributed by atoms with E-state index in [0.717, 1.165) is 17.9 Å². The standard InChI is InChI=1S/C21H22Cl2N2/c22-17-11-16-13-21(9-5-2-6-10-21)20(25-19(16)12-18(17)23)24-14-15-7-3-1-4-8-15/h1,3-4,7-8,11-12H,2,5-6,9-10,13-14H2,(H,24,25). The Bertz CT molecular complexity index is 793. The Hall–Kier alpha value is -1.51. The maximum Gasteiger partial charge on any atom is 0.108 e. The number of rotatable bonds is 2. The summed E-state index contributed by atoms with van der Waals surface area (Å²) in [7, 11) is 0. The van der Waals surface area contributed by atoms with E-state index in [2.05, 4.69) is 29.6 Å². The third-order valence-corrected chi connectivity index (χ3v) is 6.23. The van der Waals surface area contributed by atoms with Crippen LogP contribution in [0.25, 0.3) is 0 Å². The first-order valence-electron chi connectivity index (χ1n) is 9.00. The summed E-state index contributed by atoms with van der Waals surface area (Å²) in [5, 5.41) is 4.83. The van der Waals surface area contributed by atoms with E-state index in [1.165, 1.54) is 43.2 Å². The zero-order valence-corrected chi connectivity index (χ0v) is 15.7. The number of halogens is 2. The molecule has 1 fully saturated rings. The number of nitrogens with zero attached hydrogens (tertiary/aromatic N) is 1. The van der Waals surface area contributed by atoms with Gasteiger partial charge in [-0.25, -0.2) is 0 Å². The van der Waals surface area contributed by atoms with Crippen LogP contribution in [-0.2, 0) is 13.0 Å². The number of aliphatic imine (C=N–C) groups is 1. The third-order valence-electron chi connectivity index (χ3n) is 5.50. The minimum absolute atomic E-state index is 0.122. The van der Waals surface area contributed by atoms with Gasteiger partial charge in [0.25, 0.3) is 0 Å². The zero-order valence-electron chi connectivity index (χ0n) is 14.2. The number of benzene rings is 2. The molecule has 2 aromatic rings. The van der Waals surface area contributed by atoms with Crippen molar-refractivity contribution >= 4 is 34.7 Å². The fourth-order valence-corrected chi connectivity index (χ4v) is 4.51. The Morgan fingerprint density at radius 1 is 0.960 bits per heavy atom. The number of nitrogens with one attached hydrogen (secondary N) is 1. The number of amidine groups is 1. The summed E-state index contributed by atoms with van der Waals surface area (Å²) in [5.41, 5.74) is 3.67. The topological polar surface area (TPSA) is 24.4 Å². The molecule has 2 aromatic carbocycles. The van der Waals surface area contributed by atoms with Crippen LogP contribution >= 0.6 is 23.2 Å². The molecule has 1 N–H and O–H groups in total. The number of anilines is 1. The van der Waals surface area contributed by atoms with Crippen LogP contribution in [0.2, 0.25) is 10.0 Å². The average molecular weight is 373 g/mol.